The quantitative estimate of drug-likeness (QED) is 0.672. The second-order valence-electron chi connectivity index (χ2n) is 4.57. The van der Waals surface area contributed by atoms with Crippen molar-refractivity contribution in [3.05, 3.63) is 29.3 Å². The summed E-state index contributed by atoms with van der Waals surface area (Å²) >= 11 is 4.59. The predicted octanol–water partition coefficient (Wildman–Crippen LogP) is 2.38. The Morgan fingerprint density at radius 1 is 1.19 bits per heavy atom. The molecule has 2 amide bonds. The van der Waals surface area contributed by atoms with Crippen molar-refractivity contribution in [3.63, 3.8) is 0 Å². The van der Waals surface area contributed by atoms with E-state index in [0.717, 1.165) is 17.0 Å². The first-order chi connectivity index (χ1) is 9.71. The summed E-state index contributed by atoms with van der Waals surface area (Å²) in [6, 6.07) is 3.05. The zero-order valence-corrected chi connectivity index (χ0v) is 11.6. The van der Waals surface area contributed by atoms with Gasteiger partial charge in [-0.15, -0.1) is 0 Å². The first-order valence-electron chi connectivity index (χ1n) is 6.08. The molecule has 0 saturated carbocycles. The van der Waals surface area contributed by atoms with E-state index in [4.69, 9.17) is 5.73 Å². The van der Waals surface area contributed by atoms with Gasteiger partial charge in [-0.1, -0.05) is 12.2 Å². The van der Waals surface area contributed by atoms with Gasteiger partial charge in [0.05, 0.1) is 11.3 Å². The number of carbonyl (C=O) groups excluding carboxylic acids is 2. The second kappa shape index (κ2) is 5.44. The number of amides is 2. The van der Waals surface area contributed by atoms with Gasteiger partial charge in [-0.05, 0) is 24.6 Å². The molecule has 1 saturated heterocycles. The van der Waals surface area contributed by atoms with E-state index in [9.17, 15) is 22.8 Å². The highest BCUT2D eigenvalue weighted by atomic mass is 32.1. The van der Waals surface area contributed by atoms with Gasteiger partial charge in [0.1, 0.15) is 4.99 Å². The Morgan fingerprint density at radius 3 is 2.24 bits per heavy atom. The van der Waals surface area contributed by atoms with Crippen LogP contribution >= 0.6 is 12.2 Å². The third-order valence-electron chi connectivity index (χ3n) is 3.11. The van der Waals surface area contributed by atoms with Gasteiger partial charge in [0.25, 0.3) is 0 Å². The number of anilines is 1. The van der Waals surface area contributed by atoms with E-state index in [-0.39, 0.29) is 24.1 Å². The number of carbonyl (C=O) groups is 2. The Balaban J connectivity index is 2.54. The Kier molecular flexibility index (Phi) is 3.99. The van der Waals surface area contributed by atoms with Gasteiger partial charge in [0.15, 0.2) is 0 Å². The second-order valence-corrected chi connectivity index (χ2v) is 5.01. The van der Waals surface area contributed by atoms with Gasteiger partial charge < -0.3 is 5.73 Å². The Labute approximate surface area is 123 Å². The summed E-state index contributed by atoms with van der Waals surface area (Å²) < 4.78 is 39.1. The standard InChI is InChI=1S/C13H11F3N2O2S/c14-13(15,16)9-6-7(4-5-8(9)12(17)21)18-10(19)2-1-3-11(18)20/h4-6H,1-3H2,(H2,17,21). The molecule has 0 atom stereocenters. The minimum atomic E-state index is -4.68. The van der Waals surface area contributed by atoms with Crippen LogP contribution in [0.4, 0.5) is 18.9 Å². The lowest BCUT2D eigenvalue weighted by Crippen LogP contribution is -2.40. The summed E-state index contributed by atoms with van der Waals surface area (Å²) in [4.78, 5) is 23.9. The highest BCUT2D eigenvalue weighted by Gasteiger charge is 2.36. The molecule has 1 aliphatic rings. The number of imide groups is 1. The van der Waals surface area contributed by atoms with E-state index in [0.29, 0.717) is 6.42 Å². The largest absolute Gasteiger partial charge is 0.417 e. The number of alkyl halides is 3. The topological polar surface area (TPSA) is 63.4 Å². The third kappa shape index (κ3) is 3.05. The number of piperidine rings is 1. The molecule has 2 N–H and O–H groups in total. The molecule has 2 rings (SSSR count). The molecule has 0 bridgehead atoms. The van der Waals surface area contributed by atoms with E-state index >= 15 is 0 Å². The lowest BCUT2D eigenvalue weighted by molar-refractivity contribution is -0.138. The van der Waals surface area contributed by atoms with Gasteiger partial charge in [-0.3, -0.25) is 14.5 Å². The molecule has 112 valence electrons. The van der Waals surface area contributed by atoms with Crippen molar-refractivity contribution in [2.24, 2.45) is 5.73 Å². The normalized spacial score (nSPS) is 16.2. The molecule has 1 aliphatic heterocycles. The molecule has 4 nitrogen and oxygen atoms in total. The fourth-order valence-corrected chi connectivity index (χ4v) is 2.34. The van der Waals surface area contributed by atoms with Gasteiger partial charge in [-0.2, -0.15) is 13.2 Å². The number of hydrogen-bond acceptors (Lipinski definition) is 3. The molecule has 0 radical (unpaired) electrons. The van der Waals surface area contributed by atoms with E-state index in [1.54, 1.807) is 0 Å². The van der Waals surface area contributed by atoms with Crippen LogP contribution in [0.3, 0.4) is 0 Å². The number of hydrogen-bond donors (Lipinski definition) is 1. The zero-order chi connectivity index (χ0) is 15.8. The van der Waals surface area contributed by atoms with Crippen molar-refractivity contribution in [2.45, 2.75) is 25.4 Å². The van der Waals surface area contributed by atoms with Crippen LogP contribution in [0.2, 0.25) is 0 Å². The van der Waals surface area contributed by atoms with Crippen LogP contribution in [-0.2, 0) is 15.8 Å². The van der Waals surface area contributed by atoms with Crippen molar-refractivity contribution in [1.82, 2.24) is 0 Å². The maximum atomic E-state index is 13.0. The summed E-state index contributed by atoms with van der Waals surface area (Å²) in [5.41, 5.74) is 3.77. The third-order valence-corrected chi connectivity index (χ3v) is 3.33. The predicted molar refractivity (Wildman–Crippen MR) is 73.7 cm³/mol. The molecular formula is C13H11F3N2O2S. The average molecular weight is 316 g/mol. The Morgan fingerprint density at radius 2 is 1.76 bits per heavy atom. The van der Waals surface area contributed by atoms with Crippen molar-refractivity contribution < 1.29 is 22.8 Å². The van der Waals surface area contributed by atoms with Crippen LogP contribution in [0.5, 0.6) is 0 Å². The average Bonchev–Trinajstić information content (AvgIpc) is 2.37. The number of nitrogens with two attached hydrogens (primary N) is 1. The Bertz CT molecular complexity index is 612. The molecular weight excluding hydrogens is 305 g/mol. The molecule has 1 aromatic rings. The summed E-state index contributed by atoms with van der Waals surface area (Å²) in [6.07, 6.45) is -4.02. The van der Waals surface area contributed by atoms with E-state index in [1.165, 1.54) is 6.07 Å². The molecule has 0 unspecified atom stereocenters. The lowest BCUT2D eigenvalue weighted by Gasteiger charge is -2.26. The zero-order valence-electron chi connectivity index (χ0n) is 10.7. The van der Waals surface area contributed by atoms with Crippen molar-refractivity contribution in [2.75, 3.05) is 4.90 Å². The summed E-state index contributed by atoms with van der Waals surface area (Å²) in [5, 5.41) is 0. The minimum Gasteiger partial charge on any atom is -0.389 e. The first-order valence-corrected chi connectivity index (χ1v) is 6.49. The number of rotatable bonds is 2. The van der Waals surface area contributed by atoms with Gasteiger partial charge in [-0.25, -0.2) is 0 Å². The van der Waals surface area contributed by atoms with Crippen molar-refractivity contribution in [3.8, 4) is 0 Å². The first kappa shape index (κ1) is 15.4. The van der Waals surface area contributed by atoms with E-state index < -0.39 is 28.5 Å². The molecule has 0 aliphatic carbocycles. The lowest BCUT2D eigenvalue weighted by atomic mass is 10.0. The van der Waals surface area contributed by atoms with Crippen molar-refractivity contribution in [1.29, 1.82) is 0 Å². The van der Waals surface area contributed by atoms with Crippen LogP contribution in [0.15, 0.2) is 18.2 Å². The summed E-state index contributed by atoms with van der Waals surface area (Å²) in [6.45, 7) is 0. The summed E-state index contributed by atoms with van der Waals surface area (Å²) in [5.74, 6) is -1.02. The Hall–Kier alpha value is -1.96. The number of nitrogens with zero attached hydrogens (tertiary/aromatic N) is 1. The smallest absolute Gasteiger partial charge is 0.389 e. The summed E-state index contributed by atoms with van der Waals surface area (Å²) in [7, 11) is 0. The maximum Gasteiger partial charge on any atom is 0.417 e. The fourth-order valence-electron chi connectivity index (χ4n) is 2.16. The van der Waals surface area contributed by atoms with Crippen LogP contribution in [0.25, 0.3) is 0 Å². The van der Waals surface area contributed by atoms with Crippen molar-refractivity contribution >= 4 is 34.7 Å². The molecule has 1 aromatic carbocycles. The van der Waals surface area contributed by atoms with Crippen LogP contribution in [0.1, 0.15) is 30.4 Å². The van der Waals surface area contributed by atoms with E-state index in [1.807, 2.05) is 0 Å². The molecule has 0 spiro atoms. The number of thiocarbonyl (C=S) groups is 1. The monoisotopic (exact) mass is 316 g/mol. The van der Waals surface area contributed by atoms with Crippen LogP contribution in [0, 0.1) is 0 Å². The number of halogens is 3. The highest BCUT2D eigenvalue weighted by molar-refractivity contribution is 7.80. The van der Waals surface area contributed by atoms with Gasteiger partial charge in [0, 0.05) is 18.4 Å². The van der Waals surface area contributed by atoms with Crippen LogP contribution in [-0.4, -0.2) is 16.8 Å². The van der Waals surface area contributed by atoms with E-state index in [2.05, 4.69) is 12.2 Å². The highest BCUT2D eigenvalue weighted by Crippen LogP contribution is 2.35. The van der Waals surface area contributed by atoms with Crippen LogP contribution < -0.4 is 10.6 Å². The molecule has 0 aromatic heterocycles. The number of benzene rings is 1. The molecule has 21 heavy (non-hydrogen) atoms. The minimum absolute atomic E-state index is 0.114. The molecule has 1 heterocycles. The maximum absolute atomic E-state index is 13.0. The fraction of sp³-hybridized carbons (Fsp3) is 0.308. The van der Waals surface area contributed by atoms with Gasteiger partial charge in [0.2, 0.25) is 11.8 Å². The molecule has 8 heteroatoms. The molecule has 1 fully saturated rings. The van der Waals surface area contributed by atoms with Gasteiger partial charge >= 0.3 is 6.18 Å². The SMILES string of the molecule is NC(=S)c1ccc(N2C(=O)CCCC2=O)cc1C(F)(F)F.